The highest BCUT2D eigenvalue weighted by Crippen LogP contribution is 2.37. The summed E-state index contributed by atoms with van der Waals surface area (Å²) in [6.45, 7) is 4.54. The second-order valence-corrected chi connectivity index (χ2v) is 5.97. The van der Waals surface area contributed by atoms with Crippen LogP contribution >= 0.6 is 0 Å². The van der Waals surface area contributed by atoms with Crippen molar-refractivity contribution in [1.82, 2.24) is 4.90 Å². The average molecular weight is 362 g/mol. The molecule has 2 N–H and O–H groups in total. The first kappa shape index (κ1) is 18.2. The van der Waals surface area contributed by atoms with Crippen LogP contribution in [0, 0.1) is 0 Å². The molecule has 1 heterocycles. The first-order valence-corrected chi connectivity index (χ1v) is 7.95. The molecule has 0 bridgehead atoms. The summed E-state index contributed by atoms with van der Waals surface area (Å²) in [5.41, 5.74) is 0.129. The molecule has 26 heavy (non-hydrogen) atoms. The van der Waals surface area contributed by atoms with Crippen LogP contribution in [0.4, 0.5) is 18.9 Å². The van der Waals surface area contributed by atoms with Crippen LogP contribution in [0.5, 0.6) is 0 Å². The van der Waals surface area contributed by atoms with E-state index in [1.165, 1.54) is 12.1 Å². The molecular weight excluding hydrogens is 345 g/mol. The van der Waals surface area contributed by atoms with Gasteiger partial charge in [-0.15, -0.1) is 6.58 Å². The average Bonchev–Trinajstić information content (AvgIpc) is 2.91. The zero-order valence-corrected chi connectivity index (χ0v) is 13.8. The Labute approximate surface area is 148 Å². The lowest BCUT2D eigenvalue weighted by Gasteiger charge is -2.19. The molecule has 0 spiro atoms. The molecule has 2 aromatic carbocycles. The van der Waals surface area contributed by atoms with Gasteiger partial charge in [-0.1, -0.05) is 30.3 Å². The maximum Gasteiger partial charge on any atom is 0.417 e. The summed E-state index contributed by atoms with van der Waals surface area (Å²) in [5, 5.41) is 13.0. The fourth-order valence-corrected chi connectivity index (χ4v) is 3.10. The standard InChI is InChI=1S/C19H17F3N2O2/c1-2-10-24-11-12-6-5-9-15(16(12)18(24)26)23-17(25)13-7-3-4-8-14(13)19(20,21)22/h2-9,18,26H,1,10-11H2,(H,23,25). The van der Waals surface area contributed by atoms with Crippen molar-refractivity contribution < 1.29 is 23.1 Å². The summed E-state index contributed by atoms with van der Waals surface area (Å²) in [4.78, 5) is 14.2. The zero-order chi connectivity index (χ0) is 18.9. The number of carbonyl (C=O) groups is 1. The van der Waals surface area contributed by atoms with Crippen molar-refractivity contribution in [3.8, 4) is 0 Å². The van der Waals surface area contributed by atoms with Crippen molar-refractivity contribution in [2.24, 2.45) is 0 Å². The van der Waals surface area contributed by atoms with Gasteiger partial charge < -0.3 is 10.4 Å². The third kappa shape index (κ3) is 3.36. The Hall–Kier alpha value is -2.64. The van der Waals surface area contributed by atoms with E-state index >= 15 is 0 Å². The van der Waals surface area contributed by atoms with Crippen molar-refractivity contribution in [3.63, 3.8) is 0 Å². The summed E-state index contributed by atoms with van der Waals surface area (Å²) >= 11 is 0. The molecule has 0 saturated heterocycles. The van der Waals surface area contributed by atoms with Crippen LogP contribution in [0.3, 0.4) is 0 Å². The second kappa shape index (κ2) is 6.93. The van der Waals surface area contributed by atoms with Crippen molar-refractivity contribution in [3.05, 3.63) is 77.4 Å². The Morgan fingerprint density at radius 1 is 1.27 bits per heavy atom. The maximum absolute atomic E-state index is 13.1. The Balaban J connectivity index is 1.92. The number of anilines is 1. The van der Waals surface area contributed by atoms with Crippen molar-refractivity contribution >= 4 is 11.6 Å². The van der Waals surface area contributed by atoms with E-state index in [9.17, 15) is 23.1 Å². The van der Waals surface area contributed by atoms with E-state index < -0.39 is 29.4 Å². The molecule has 136 valence electrons. The lowest BCUT2D eigenvalue weighted by atomic mass is 10.0. The fourth-order valence-electron chi connectivity index (χ4n) is 3.10. The zero-order valence-electron chi connectivity index (χ0n) is 13.8. The first-order chi connectivity index (χ1) is 12.3. The van der Waals surface area contributed by atoms with Crippen LogP contribution in [0.1, 0.15) is 33.3 Å². The molecule has 0 fully saturated rings. The number of amides is 1. The van der Waals surface area contributed by atoms with Gasteiger partial charge in [0.1, 0.15) is 6.23 Å². The third-order valence-electron chi connectivity index (χ3n) is 4.26. The Morgan fingerprint density at radius 2 is 2.00 bits per heavy atom. The minimum Gasteiger partial charge on any atom is -0.374 e. The fraction of sp³-hybridized carbons (Fsp3) is 0.211. The minimum absolute atomic E-state index is 0.295. The van der Waals surface area contributed by atoms with Gasteiger partial charge in [0.25, 0.3) is 5.91 Å². The molecule has 0 aromatic heterocycles. The minimum atomic E-state index is -4.63. The van der Waals surface area contributed by atoms with E-state index in [-0.39, 0.29) is 0 Å². The van der Waals surface area contributed by atoms with E-state index in [2.05, 4.69) is 11.9 Å². The molecule has 0 saturated carbocycles. The van der Waals surface area contributed by atoms with Crippen LogP contribution < -0.4 is 5.32 Å². The van der Waals surface area contributed by atoms with Gasteiger partial charge in [0.15, 0.2) is 0 Å². The quantitative estimate of drug-likeness (QED) is 0.810. The summed E-state index contributed by atoms with van der Waals surface area (Å²) in [6.07, 6.45) is -3.95. The molecule has 1 atom stereocenters. The number of hydrogen-bond donors (Lipinski definition) is 2. The van der Waals surface area contributed by atoms with Crippen LogP contribution in [-0.2, 0) is 12.7 Å². The number of hydrogen-bond acceptors (Lipinski definition) is 3. The molecule has 2 aromatic rings. The first-order valence-electron chi connectivity index (χ1n) is 7.95. The molecule has 7 heteroatoms. The van der Waals surface area contributed by atoms with Crippen molar-refractivity contribution in [2.45, 2.75) is 18.9 Å². The van der Waals surface area contributed by atoms with Crippen LogP contribution in [0.25, 0.3) is 0 Å². The molecule has 1 unspecified atom stereocenters. The summed E-state index contributed by atoms with van der Waals surface area (Å²) in [5.74, 6) is -0.874. The number of aliphatic hydroxyl groups excluding tert-OH is 1. The van der Waals surface area contributed by atoms with E-state index in [1.807, 2.05) is 0 Å². The van der Waals surface area contributed by atoms with E-state index in [4.69, 9.17) is 0 Å². The molecule has 3 rings (SSSR count). The van der Waals surface area contributed by atoms with Gasteiger partial charge in [-0.2, -0.15) is 13.2 Å². The van der Waals surface area contributed by atoms with E-state index in [1.54, 1.807) is 29.2 Å². The topological polar surface area (TPSA) is 52.6 Å². The summed E-state index contributed by atoms with van der Waals surface area (Å²) in [7, 11) is 0. The predicted octanol–water partition coefficient (Wildman–Crippen LogP) is 3.95. The number of alkyl halides is 3. The van der Waals surface area contributed by atoms with Crippen molar-refractivity contribution in [1.29, 1.82) is 0 Å². The number of aliphatic hydroxyl groups is 1. The van der Waals surface area contributed by atoms with Crippen LogP contribution in [-0.4, -0.2) is 22.5 Å². The SMILES string of the molecule is C=CCN1Cc2cccc(NC(=O)c3ccccc3C(F)(F)F)c2C1O. The highest BCUT2D eigenvalue weighted by Gasteiger charge is 2.35. The Kier molecular flexibility index (Phi) is 4.84. The van der Waals surface area contributed by atoms with Crippen molar-refractivity contribution in [2.75, 3.05) is 11.9 Å². The molecular formula is C19H17F3N2O2. The van der Waals surface area contributed by atoms with Gasteiger partial charge in [0.05, 0.1) is 11.1 Å². The molecule has 0 radical (unpaired) electrons. The maximum atomic E-state index is 13.1. The molecule has 1 amide bonds. The monoisotopic (exact) mass is 362 g/mol. The van der Waals surface area contributed by atoms with Crippen LogP contribution in [0.15, 0.2) is 55.1 Å². The number of rotatable bonds is 4. The molecule has 4 nitrogen and oxygen atoms in total. The smallest absolute Gasteiger partial charge is 0.374 e. The second-order valence-electron chi connectivity index (χ2n) is 5.97. The molecule has 1 aliphatic heterocycles. The summed E-state index contributed by atoms with van der Waals surface area (Å²) in [6, 6.07) is 9.66. The summed E-state index contributed by atoms with van der Waals surface area (Å²) < 4.78 is 39.4. The number of nitrogens with zero attached hydrogens (tertiary/aromatic N) is 1. The highest BCUT2D eigenvalue weighted by atomic mass is 19.4. The molecule has 0 aliphatic carbocycles. The van der Waals surface area contributed by atoms with Gasteiger partial charge >= 0.3 is 6.18 Å². The van der Waals surface area contributed by atoms with Gasteiger partial charge in [0, 0.05) is 24.3 Å². The number of halogens is 3. The Bertz CT molecular complexity index is 849. The largest absolute Gasteiger partial charge is 0.417 e. The number of nitrogens with one attached hydrogen (secondary N) is 1. The lowest BCUT2D eigenvalue weighted by Crippen LogP contribution is -2.23. The number of fused-ring (bicyclic) bond motifs is 1. The third-order valence-corrected chi connectivity index (χ3v) is 4.26. The van der Waals surface area contributed by atoms with Gasteiger partial charge in [0.2, 0.25) is 0 Å². The van der Waals surface area contributed by atoms with Crippen LogP contribution in [0.2, 0.25) is 0 Å². The lowest BCUT2D eigenvalue weighted by molar-refractivity contribution is -0.137. The normalized spacial score (nSPS) is 17.0. The number of benzene rings is 2. The van der Waals surface area contributed by atoms with Gasteiger partial charge in [-0.05, 0) is 23.8 Å². The number of carbonyl (C=O) groups excluding carboxylic acids is 1. The molecule has 1 aliphatic rings. The van der Waals surface area contributed by atoms with Gasteiger partial charge in [-0.3, -0.25) is 9.69 Å². The van der Waals surface area contributed by atoms with Gasteiger partial charge in [-0.25, -0.2) is 0 Å². The van der Waals surface area contributed by atoms with E-state index in [0.717, 1.165) is 17.7 Å². The highest BCUT2D eigenvalue weighted by molar-refractivity contribution is 6.06. The Morgan fingerprint density at radius 3 is 2.69 bits per heavy atom. The van der Waals surface area contributed by atoms with E-state index in [0.29, 0.717) is 24.3 Å². The predicted molar refractivity (Wildman–Crippen MR) is 91.4 cm³/mol.